The molecule has 0 unspecified atom stereocenters. The number of rotatable bonds is 8. The fourth-order valence-corrected chi connectivity index (χ4v) is 10.8. The van der Waals surface area contributed by atoms with Crippen LogP contribution in [0.15, 0.2) is 65.7 Å². The Morgan fingerprint density at radius 1 is 0.897 bits per heavy atom. The van der Waals surface area contributed by atoms with Gasteiger partial charge in [-0.3, -0.25) is 0 Å². The lowest BCUT2D eigenvalue weighted by molar-refractivity contribution is 0.00832. The van der Waals surface area contributed by atoms with Crippen molar-refractivity contribution in [2.75, 3.05) is 18.9 Å². The Hall–Kier alpha value is -3.14. The summed E-state index contributed by atoms with van der Waals surface area (Å²) < 4.78 is 13.3. The van der Waals surface area contributed by atoms with Crippen LogP contribution in [0.5, 0.6) is 0 Å². The van der Waals surface area contributed by atoms with Crippen LogP contribution in [0.1, 0.15) is 69.1 Å². The molecule has 2 N–H and O–H groups in total. The van der Waals surface area contributed by atoms with E-state index in [9.17, 15) is 10.5 Å². The molecule has 3 aromatic rings. The van der Waals surface area contributed by atoms with Crippen LogP contribution in [0, 0.1) is 22.7 Å². The van der Waals surface area contributed by atoms with Crippen LogP contribution in [0.25, 0.3) is 0 Å². The van der Waals surface area contributed by atoms with Gasteiger partial charge in [0.05, 0.1) is 30.4 Å². The molecule has 0 amide bonds. The Balaban J connectivity index is 1.44. The minimum Gasteiger partial charge on any atom is -0.405 e. The third-order valence-electron chi connectivity index (χ3n) is 7.72. The van der Waals surface area contributed by atoms with E-state index in [0.29, 0.717) is 29.9 Å². The molecule has 1 aliphatic carbocycles. The van der Waals surface area contributed by atoms with Crippen LogP contribution >= 0.6 is 12.6 Å². The minimum atomic E-state index is -2.59. The summed E-state index contributed by atoms with van der Waals surface area (Å²) in [5, 5.41) is 22.1. The highest BCUT2D eigenvalue weighted by Crippen LogP contribution is 2.40. The summed E-state index contributed by atoms with van der Waals surface area (Å²) in [6, 6.07) is 25.6. The van der Waals surface area contributed by atoms with Gasteiger partial charge in [0.1, 0.15) is 23.0 Å². The molecule has 0 spiro atoms. The van der Waals surface area contributed by atoms with E-state index in [4.69, 9.17) is 14.9 Å². The predicted molar refractivity (Wildman–Crippen MR) is 160 cm³/mol. The number of pyridine rings is 1. The summed E-state index contributed by atoms with van der Waals surface area (Å²) >= 11 is 4.34. The average Bonchev–Trinajstić information content (AvgIpc) is 2.93. The number of nitrogen functional groups attached to an aromatic ring is 1. The highest BCUT2D eigenvalue weighted by atomic mass is 32.1. The number of nitriles is 2. The van der Waals surface area contributed by atoms with Crippen molar-refractivity contribution in [2.24, 2.45) is 0 Å². The first kappa shape index (κ1) is 28.9. The third kappa shape index (κ3) is 5.90. The molecule has 6 nitrogen and oxygen atoms in total. The molecule has 8 heteroatoms. The number of benzene rings is 2. The van der Waals surface area contributed by atoms with Gasteiger partial charge in [0, 0.05) is 0 Å². The van der Waals surface area contributed by atoms with Crippen molar-refractivity contribution in [1.29, 1.82) is 10.5 Å². The maximum absolute atomic E-state index is 9.70. The quantitative estimate of drug-likeness (QED) is 0.221. The van der Waals surface area contributed by atoms with Crippen LogP contribution in [-0.2, 0) is 9.16 Å². The molecule has 0 aliphatic heterocycles. The summed E-state index contributed by atoms with van der Waals surface area (Å²) in [5.74, 6) is 0.189. The molecular formula is C31H36N4O2SSi. The average molecular weight is 557 g/mol. The topological polar surface area (TPSA) is 105 Å². The second kappa shape index (κ2) is 12.4. The van der Waals surface area contributed by atoms with E-state index in [1.165, 1.54) is 10.4 Å². The van der Waals surface area contributed by atoms with Crippen molar-refractivity contribution in [3.05, 3.63) is 77.4 Å². The number of hydrogen-bond donors (Lipinski definition) is 2. The van der Waals surface area contributed by atoms with Crippen LogP contribution < -0.4 is 16.1 Å². The first-order valence-corrected chi connectivity index (χ1v) is 15.8. The van der Waals surface area contributed by atoms with Crippen molar-refractivity contribution >= 4 is 37.1 Å². The Morgan fingerprint density at radius 3 is 1.92 bits per heavy atom. The molecular weight excluding hydrogens is 521 g/mol. The van der Waals surface area contributed by atoms with Gasteiger partial charge in [-0.2, -0.15) is 10.5 Å². The summed E-state index contributed by atoms with van der Waals surface area (Å²) in [6.07, 6.45) is 3.39. The van der Waals surface area contributed by atoms with Crippen molar-refractivity contribution in [1.82, 2.24) is 4.98 Å². The fraction of sp³-hybridized carbons (Fsp3) is 0.387. The largest absolute Gasteiger partial charge is 0.405 e. The second-order valence-electron chi connectivity index (χ2n) is 11.1. The molecule has 39 heavy (non-hydrogen) atoms. The first-order valence-electron chi connectivity index (χ1n) is 13.4. The molecule has 0 radical (unpaired) electrons. The van der Waals surface area contributed by atoms with Crippen LogP contribution in [0.4, 0.5) is 5.82 Å². The normalized spacial score (nSPS) is 17.8. The predicted octanol–water partition coefficient (Wildman–Crippen LogP) is 5.32. The van der Waals surface area contributed by atoms with Gasteiger partial charge in [-0.25, -0.2) is 4.98 Å². The van der Waals surface area contributed by atoms with Gasteiger partial charge in [-0.1, -0.05) is 81.4 Å². The maximum atomic E-state index is 9.70. The van der Waals surface area contributed by atoms with E-state index < -0.39 is 8.32 Å². The molecule has 202 valence electrons. The van der Waals surface area contributed by atoms with E-state index in [1.807, 2.05) is 12.1 Å². The number of nitrogens with two attached hydrogens (primary N) is 1. The summed E-state index contributed by atoms with van der Waals surface area (Å²) in [6.45, 7) is 7.83. The number of ether oxygens (including phenoxy) is 1. The summed E-state index contributed by atoms with van der Waals surface area (Å²) in [5.41, 5.74) is 7.33. The Bertz CT molecular complexity index is 1280. The van der Waals surface area contributed by atoms with Crippen molar-refractivity contribution in [3.8, 4) is 12.1 Å². The Morgan fingerprint density at radius 2 is 1.44 bits per heavy atom. The van der Waals surface area contributed by atoms with E-state index >= 15 is 0 Å². The lowest BCUT2D eigenvalue weighted by Crippen LogP contribution is -2.66. The molecule has 2 aromatic carbocycles. The fourth-order valence-electron chi connectivity index (χ4n) is 5.93. The number of thiol groups is 1. The molecule has 1 heterocycles. The number of aromatic nitrogens is 1. The van der Waals surface area contributed by atoms with Gasteiger partial charge in [-0.05, 0) is 52.6 Å². The van der Waals surface area contributed by atoms with E-state index in [0.717, 1.165) is 25.7 Å². The highest BCUT2D eigenvalue weighted by Gasteiger charge is 2.50. The minimum absolute atomic E-state index is 0.0544. The summed E-state index contributed by atoms with van der Waals surface area (Å²) in [7, 11) is -2.59. The van der Waals surface area contributed by atoms with E-state index in [2.05, 4.69) is 99.1 Å². The maximum Gasteiger partial charge on any atom is 0.261 e. The molecule has 1 aliphatic rings. The zero-order valence-electron chi connectivity index (χ0n) is 22.9. The van der Waals surface area contributed by atoms with Gasteiger partial charge < -0.3 is 14.9 Å². The van der Waals surface area contributed by atoms with Gasteiger partial charge in [-0.15, -0.1) is 12.6 Å². The molecule has 4 rings (SSSR count). The van der Waals surface area contributed by atoms with Gasteiger partial charge in [0.25, 0.3) is 8.32 Å². The first-order chi connectivity index (χ1) is 18.7. The van der Waals surface area contributed by atoms with Crippen molar-refractivity contribution in [2.45, 2.75) is 68.5 Å². The van der Waals surface area contributed by atoms with Crippen LogP contribution in [0.2, 0.25) is 5.04 Å². The second-order valence-corrected chi connectivity index (χ2v) is 15.8. The molecule has 0 atom stereocenters. The highest BCUT2D eigenvalue weighted by molar-refractivity contribution is 7.80. The van der Waals surface area contributed by atoms with Gasteiger partial charge in [0.2, 0.25) is 0 Å². The zero-order chi connectivity index (χ0) is 28.0. The van der Waals surface area contributed by atoms with E-state index in [1.54, 1.807) is 0 Å². The van der Waals surface area contributed by atoms with Crippen molar-refractivity contribution < 1.29 is 9.16 Å². The molecule has 1 saturated carbocycles. The molecule has 1 aromatic heterocycles. The monoisotopic (exact) mass is 556 g/mol. The van der Waals surface area contributed by atoms with Crippen molar-refractivity contribution in [3.63, 3.8) is 0 Å². The van der Waals surface area contributed by atoms with Gasteiger partial charge in [0.15, 0.2) is 0 Å². The number of anilines is 1. The number of nitrogens with zero attached hydrogens (tertiary/aromatic N) is 3. The molecule has 0 saturated heterocycles. The SMILES string of the molecule is CC(C)(C)[Si](OCCOC1CCC(c2c(C#N)c(N)nc(S)c2C#N)CC1)(c1ccccc1)c1ccccc1. The smallest absolute Gasteiger partial charge is 0.261 e. The lowest BCUT2D eigenvalue weighted by atomic mass is 9.79. The number of hydrogen-bond acceptors (Lipinski definition) is 7. The molecule has 0 bridgehead atoms. The summed E-state index contributed by atoms with van der Waals surface area (Å²) in [4.78, 5) is 4.08. The zero-order valence-corrected chi connectivity index (χ0v) is 24.7. The van der Waals surface area contributed by atoms with Crippen LogP contribution in [-0.4, -0.2) is 32.6 Å². The lowest BCUT2D eigenvalue weighted by Gasteiger charge is -2.43. The third-order valence-corrected chi connectivity index (χ3v) is 13.1. The van der Waals surface area contributed by atoms with Crippen LogP contribution in [0.3, 0.4) is 0 Å². The molecule has 1 fully saturated rings. The Kier molecular flexibility index (Phi) is 9.14. The van der Waals surface area contributed by atoms with E-state index in [-0.39, 0.29) is 27.9 Å². The standard InChI is InChI=1S/C31H36N4O2SSi/c1-31(2,3)39(24-10-6-4-7-11-24,25-12-8-5-9-13-25)37-19-18-36-23-16-14-22(15-17-23)28-26(20-32)29(34)35-30(38)27(28)21-33/h4-13,22-23H,14-19H2,1-3H3,(H3,34,35,38). The Labute approximate surface area is 238 Å². The van der Waals surface area contributed by atoms with Gasteiger partial charge >= 0.3 is 0 Å².